The molecule has 0 heterocycles. The lowest BCUT2D eigenvalue weighted by atomic mass is 10.1. The molecule has 0 aromatic carbocycles. The highest BCUT2D eigenvalue weighted by molar-refractivity contribution is 7.41. The van der Waals surface area contributed by atoms with Crippen molar-refractivity contribution in [1.82, 2.24) is 0 Å². The number of rotatable bonds is 19. The molecule has 180 valence electrons. The molecular formula is C24H57N2O2P. The zero-order valence-corrected chi connectivity index (χ0v) is 21.4. The Morgan fingerprint density at radius 3 is 0.828 bits per heavy atom. The molecule has 0 bridgehead atoms. The first-order chi connectivity index (χ1) is 14.1. The minimum absolute atomic E-state index is 0.259. The van der Waals surface area contributed by atoms with Gasteiger partial charge in [0.05, 0.1) is 13.1 Å². The van der Waals surface area contributed by atoms with E-state index in [0.717, 1.165) is 13.1 Å². The lowest BCUT2D eigenvalue weighted by Crippen LogP contribution is -2.50. The molecule has 0 aromatic heterocycles. The van der Waals surface area contributed by atoms with E-state index in [1.54, 1.807) is 6.92 Å². The van der Waals surface area contributed by atoms with E-state index < -0.39 is 8.38 Å². The molecule has 0 amide bonds. The van der Waals surface area contributed by atoms with Crippen molar-refractivity contribution in [2.45, 2.75) is 136 Å². The summed E-state index contributed by atoms with van der Waals surface area (Å²) in [6.45, 7) is 8.39. The lowest BCUT2D eigenvalue weighted by Gasteiger charge is -2.28. The maximum absolute atomic E-state index is 9.41. The van der Waals surface area contributed by atoms with Crippen molar-refractivity contribution < 1.29 is 21.3 Å². The van der Waals surface area contributed by atoms with Crippen molar-refractivity contribution in [3.05, 3.63) is 0 Å². The number of unbranched alkanes of at least 4 members (excludes halogenated alkanes) is 16. The molecule has 29 heavy (non-hydrogen) atoms. The molecule has 5 heteroatoms. The summed E-state index contributed by atoms with van der Waals surface area (Å²) >= 11 is 0. The standard InChI is InChI=1S/2C11H25N.C2H5O2P/c2*1-2-3-4-5-6-7-8-9-10-11-12;1-2-5(3)4/h2*2-12H2,1H3;2H2,1H3/q;;-2/p+2. The summed E-state index contributed by atoms with van der Waals surface area (Å²) in [6.07, 6.45) is 25.8. The Morgan fingerprint density at radius 2 is 0.655 bits per heavy atom. The highest BCUT2D eigenvalue weighted by Crippen LogP contribution is 2.09. The van der Waals surface area contributed by atoms with E-state index in [4.69, 9.17) is 0 Å². The highest BCUT2D eigenvalue weighted by atomic mass is 31.2. The van der Waals surface area contributed by atoms with E-state index in [9.17, 15) is 9.79 Å². The fourth-order valence-corrected chi connectivity index (χ4v) is 2.97. The summed E-state index contributed by atoms with van der Waals surface area (Å²) < 4.78 is 0. The van der Waals surface area contributed by atoms with Crippen LogP contribution in [0.1, 0.15) is 136 Å². The molecular weight excluding hydrogens is 379 g/mol. The SMILES string of the molecule is CCCCCCCCCCC[NH3+].CCCCCCCCCCC[NH3+].CCP([O-])[O-]. The number of hydrogen-bond donors (Lipinski definition) is 2. The van der Waals surface area contributed by atoms with Crippen molar-refractivity contribution in [2.75, 3.05) is 19.3 Å². The van der Waals surface area contributed by atoms with E-state index in [2.05, 4.69) is 25.3 Å². The maximum Gasteiger partial charge on any atom is 0.0739 e. The molecule has 0 rings (SSSR count). The molecule has 0 atom stereocenters. The molecule has 0 fully saturated rings. The van der Waals surface area contributed by atoms with Crippen LogP contribution >= 0.6 is 8.38 Å². The Hall–Kier alpha value is 0.270. The van der Waals surface area contributed by atoms with Crippen LogP contribution in [0.2, 0.25) is 0 Å². The third kappa shape index (κ3) is 47.5. The van der Waals surface area contributed by atoms with E-state index in [-0.39, 0.29) is 6.16 Å². The summed E-state index contributed by atoms with van der Waals surface area (Å²) in [7, 11) is -2.10. The van der Waals surface area contributed by atoms with E-state index >= 15 is 0 Å². The van der Waals surface area contributed by atoms with Gasteiger partial charge in [-0.3, -0.25) is 0 Å². The number of hydrogen-bond acceptors (Lipinski definition) is 2. The summed E-state index contributed by atoms with van der Waals surface area (Å²) in [5.74, 6) is 0. The lowest BCUT2D eigenvalue weighted by molar-refractivity contribution is -0.368. The van der Waals surface area contributed by atoms with Gasteiger partial charge in [-0.25, -0.2) is 0 Å². The average Bonchev–Trinajstić information content (AvgIpc) is 2.73. The second kappa shape index (κ2) is 35.7. The van der Waals surface area contributed by atoms with Crippen molar-refractivity contribution >= 4 is 8.38 Å². The molecule has 0 radical (unpaired) electrons. The van der Waals surface area contributed by atoms with E-state index in [1.807, 2.05) is 0 Å². The van der Waals surface area contributed by atoms with Crippen molar-refractivity contribution in [1.29, 1.82) is 0 Å². The van der Waals surface area contributed by atoms with Crippen molar-refractivity contribution in [3.63, 3.8) is 0 Å². The predicted molar refractivity (Wildman–Crippen MR) is 127 cm³/mol. The topological polar surface area (TPSA) is 101 Å². The smallest absolute Gasteiger partial charge is 0.0739 e. The molecule has 0 aliphatic rings. The van der Waals surface area contributed by atoms with Crippen molar-refractivity contribution in [3.8, 4) is 0 Å². The Bertz CT molecular complexity index is 205. The van der Waals surface area contributed by atoms with Gasteiger partial charge in [-0.1, -0.05) is 117 Å². The quantitative estimate of drug-likeness (QED) is 0.229. The molecule has 0 saturated heterocycles. The molecule has 0 aromatic rings. The molecule has 0 unspecified atom stereocenters. The minimum Gasteiger partial charge on any atom is -0.842 e. The first-order valence-electron chi connectivity index (χ1n) is 12.8. The van der Waals surface area contributed by atoms with Crippen LogP contribution in [0, 0.1) is 0 Å². The Labute approximate surface area is 185 Å². The zero-order chi connectivity index (χ0) is 22.4. The zero-order valence-electron chi connectivity index (χ0n) is 20.5. The summed E-state index contributed by atoms with van der Waals surface area (Å²) in [4.78, 5) is 18.8. The van der Waals surface area contributed by atoms with Crippen molar-refractivity contribution in [2.24, 2.45) is 0 Å². The van der Waals surface area contributed by atoms with Crippen LogP contribution in [0.25, 0.3) is 0 Å². The predicted octanol–water partition coefficient (Wildman–Crippen LogP) is 4.56. The van der Waals surface area contributed by atoms with Crippen LogP contribution in [-0.4, -0.2) is 19.3 Å². The minimum atomic E-state index is -2.10. The van der Waals surface area contributed by atoms with Crippen LogP contribution < -0.4 is 21.3 Å². The third-order valence-electron chi connectivity index (χ3n) is 4.97. The third-order valence-corrected chi connectivity index (χ3v) is 5.48. The van der Waals surface area contributed by atoms with Crippen LogP contribution in [0.15, 0.2) is 0 Å². The van der Waals surface area contributed by atoms with Gasteiger partial charge in [-0.15, -0.1) is 0 Å². The fraction of sp³-hybridized carbons (Fsp3) is 1.00. The van der Waals surface area contributed by atoms with E-state index in [0.29, 0.717) is 0 Å². The summed E-state index contributed by atoms with van der Waals surface area (Å²) in [6, 6.07) is 0. The highest BCUT2D eigenvalue weighted by Gasteiger charge is 1.91. The first-order valence-corrected chi connectivity index (χ1v) is 14.2. The van der Waals surface area contributed by atoms with Gasteiger partial charge < -0.3 is 29.6 Å². The molecule has 4 nitrogen and oxygen atoms in total. The maximum atomic E-state index is 9.41. The molecule has 0 aliphatic carbocycles. The Morgan fingerprint density at radius 1 is 0.448 bits per heavy atom. The van der Waals surface area contributed by atoms with E-state index in [1.165, 1.54) is 116 Å². The molecule has 0 aliphatic heterocycles. The fourth-order valence-electron chi connectivity index (χ4n) is 2.97. The van der Waals surface area contributed by atoms with Gasteiger partial charge in [0.1, 0.15) is 0 Å². The Kier molecular flexibility index (Phi) is 41.7. The largest absolute Gasteiger partial charge is 0.842 e. The van der Waals surface area contributed by atoms with Gasteiger partial charge in [0.15, 0.2) is 0 Å². The number of quaternary nitrogens is 2. The van der Waals surface area contributed by atoms with Gasteiger partial charge in [0.25, 0.3) is 0 Å². The van der Waals surface area contributed by atoms with Gasteiger partial charge in [0.2, 0.25) is 0 Å². The summed E-state index contributed by atoms with van der Waals surface area (Å²) in [5.41, 5.74) is 7.69. The van der Waals surface area contributed by atoms with Gasteiger partial charge >= 0.3 is 0 Å². The van der Waals surface area contributed by atoms with Crippen LogP contribution in [0.4, 0.5) is 0 Å². The van der Waals surface area contributed by atoms with Crippen LogP contribution in [0.3, 0.4) is 0 Å². The second-order valence-corrected chi connectivity index (χ2v) is 9.31. The van der Waals surface area contributed by atoms with Gasteiger partial charge in [-0.2, -0.15) is 0 Å². The Balaban J connectivity index is -0.000000380. The molecule has 0 spiro atoms. The monoisotopic (exact) mass is 436 g/mol. The van der Waals surface area contributed by atoms with Crippen LogP contribution in [0.5, 0.6) is 0 Å². The average molecular weight is 437 g/mol. The molecule has 6 N–H and O–H groups in total. The first kappa shape index (κ1) is 33.9. The van der Waals surface area contributed by atoms with Gasteiger partial charge in [0, 0.05) is 0 Å². The van der Waals surface area contributed by atoms with Crippen LogP contribution in [-0.2, 0) is 0 Å². The second-order valence-electron chi connectivity index (χ2n) is 8.01. The normalized spacial score (nSPS) is 10.3. The van der Waals surface area contributed by atoms with Gasteiger partial charge in [-0.05, 0) is 25.7 Å². The molecule has 0 saturated carbocycles. The summed E-state index contributed by atoms with van der Waals surface area (Å²) in [5, 5.41) is 0.